The fourth-order valence-corrected chi connectivity index (χ4v) is 3.83. The SMILES string of the molecule is CNc1c(-c2ccccc2)c2nc3c(cnn13)C(=O)NC[C@H](C)Oc1ncc(F)cc1CN2. The highest BCUT2D eigenvalue weighted by atomic mass is 19.1. The third-order valence-corrected chi connectivity index (χ3v) is 5.39. The standard InChI is InChI=1S/C23H22FN7O2/c1-13-9-27-22(32)17-12-29-31-20(17)30-19(18(21(31)25-2)14-6-4-3-5-7-14)26-10-15-8-16(24)11-28-23(15)33-13/h3-8,11-13,25H,9-10H2,1-2H3,(H,26,30)(H,27,32)/t13-/m0/s1. The van der Waals surface area contributed by atoms with Gasteiger partial charge in [-0.2, -0.15) is 9.61 Å². The van der Waals surface area contributed by atoms with Gasteiger partial charge in [-0.05, 0) is 18.6 Å². The molecule has 3 N–H and O–H groups in total. The van der Waals surface area contributed by atoms with Crippen LogP contribution in [-0.2, 0) is 6.54 Å². The Bertz CT molecular complexity index is 1340. The molecule has 0 fully saturated rings. The summed E-state index contributed by atoms with van der Waals surface area (Å²) >= 11 is 0. The average Bonchev–Trinajstić information content (AvgIpc) is 3.25. The summed E-state index contributed by atoms with van der Waals surface area (Å²) in [6.45, 7) is 2.25. The van der Waals surface area contributed by atoms with E-state index in [1.54, 1.807) is 18.5 Å². The second kappa shape index (κ2) is 8.38. The summed E-state index contributed by atoms with van der Waals surface area (Å²) in [5, 5.41) is 13.8. The van der Waals surface area contributed by atoms with Gasteiger partial charge in [-0.1, -0.05) is 30.3 Å². The molecule has 1 amide bonds. The van der Waals surface area contributed by atoms with E-state index < -0.39 is 5.82 Å². The van der Waals surface area contributed by atoms with E-state index >= 15 is 0 Å². The number of carbonyl (C=O) groups excluding carboxylic acids is 1. The van der Waals surface area contributed by atoms with Crippen molar-refractivity contribution in [2.24, 2.45) is 0 Å². The monoisotopic (exact) mass is 447 g/mol. The first-order valence-corrected chi connectivity index (χ1v) is 10.5. The molecule has 9 nitrogen and oxygen atoms in total. The highest BCUT2D eigenvalue weighted by Crippen LogP contribution is 2.35. The van der Waals surface area contributed by atoms with Crippen LogP contribution in [0.4, 0.5) is 16.0 Å². The van der Waals surface area contributed by atoms with Crippen LogP contribution < -0.4 is 20.7 Å². The number of nitrogens with zero attached hydrogens (tertiary/aromatic N) is 4. The number of amides is 1. The summed E-state index contributed by atoms with van der Waals surface area (Å²) in [4.78, 5) is 21.8. The quantitative estimate of drug-likeness (QED) is 0.434. The topological polar surface area (TPSA) is 105 Å². The normalized spacial score (nSPS) is 16.0. The molecule has 3 aromatic heterocycles. The van der Waals surface area contributed by atoms with Gasteiger partial charge in [0.25, 0.3) is 5.91 Å². The molecule has 2 bridgehead atoms. The molecule has 0 saturated heterocycles. The molecule has 33 heavy (non-hydrogen) atoms. The highest BCUT2D eigenvalue weighted by Gasteiger charge is 2.23. The lowest BCUT2D eigenvalue weighted by atomic mass is 10.1. The Morgan fingerprint density at radius 1 is 1.21 bits per heavy atom. The molecule has 10 heteroatoms. The van der Waals surface area contributed by atoms with Crippen molar-refractivity contribution < 1.29 is 13.9 Å². The zero-order valence-electron chi connectivity index (χ0n) is 18.1. The van der Waals surface area contributed by atoms with Crippen molar-refractivity contribution in [1.82, 2.24) is 24.9 Å². The Balaban J connectivity index is 1.73. The average molecular weight is 447 g/mol. The number of pyridine rings is 1. The first-order valence-electron chi connectivity index (χ1n) is 10.5. The first kappa shape index (κ1) is 20.7. The molecule has 0 aliphatic carbocycles. The van der Waals surface area contributed by atoms with Crippen LogP contribution in [0.1, 0.15) is 22.8 Å². The smallest absolute Gasteiger partial charge is 0.256 e. The molecule has 4 aromatic rings. The first-order chi connectivity index (χ1) is 16.0. The lowest BCUT2D eigenvalue weighted by molar-refractivity contribution is 0.0932. The largest absolute Gasteiger partial charge is 0.473 e. The van der Waals surface area contributed by atoms with E-state index in [1.165, 1.54) is 12.3 Å². The molecule has 1 aliphatic rings. The molecule has 0 saturated carbocycles. The maximum atomic E-state index is 14.0. The second-order valence-electron chi connectivity index (χ2n) is 7.70. The molecular weight excluding hydrogens is 425 g/mol. The molecule has 168 valence electrons. The number of ether oxygens (including phenoxy) is 1. The third kappa shape index (κ3) is 3.79. The van der Waals surface area contributed by atoms with Crippen molar-refractivity contribution in [2.45, 2.75) is 19.6 Å². The maximum absolute atomic E-state index is 14.0. The van der Waals surface area contributed by atoms with Crippen LogP contribution in [0.3, 0.4) is 0 Å². The Morgan fingerprint density at radius 3 is 2.82 bits per heavy atom. The fourth-order valence-electron chi connectivity index (χ4n) is 3.83. The van der Waals surface area contributed by atoms with Crippen LogP contribution in [0.5, 0.6) is 5.88 Å². The number of hydrogen-bond acceptors (Lipinski definition) is 7. The van der Waals surface area contributed by atoms with Gasteiger partial charge in [-0.25, -0.2) is 14.4 Å². The molecule has 4 heterocycles. The lowest BCUT2D eigenvalue weighted by Crippen LogP contribution is -2.33. The molecule has 0 spiro atoms. The van der Waals surface area contributed by atoms with Gasteiger partial charge < -0.3 is 20.7 Å². The van der Waals surface area contributed by atoms with Crippen molar-refractivity contribution in [3.63, 3.8) is 0 Å². The molecular formula is C23H22FN7O2. The summed E-state index contributed by atoms with van der Waals surface area (Å²) in [6, 6.07) is 11.1. The van der Waals surface area contributed by atoms with Crippen molar-refractivity contribution in [2.75, 3.05) is 24.2 Å². The molecule has 1 aromatic carbocycles. The Hall–Kier alpha value is -4.21. The number of nitrogens with one attached hydrogen (secondary N) is 3. The van der Waals surface area contributed by atoms with Gasteiger partial charge in [0, 0.05) is 19.2 Å². The number of aromatic nitrogens is 4. The number of carbonyl (C=O) groups is 1. The zero-order valence-corrected chi connectivity index (χ0v) is 18.1. The number of halogens is 1. The van der Waals surface area contributed by atoms with E-state index in [0.717, 1.165) is 17.3 Å². The molecule has 5 rings (SSSR count). The Labute approximate surface area is 189 Å². The zero-order chi connectivity index (χ0) is 22.9. The van der Waals surface area contributed by atoms with Crippen LogP contribution in [0, 0.1) is 5.82 Å². The van der Waals surface area contributed by atoms with Gasteiger partial charge in [0.05, 0.1) is 24.5 Å². The fraction of sp³-hybridized carbons (Fsp3) is 0.217. The minimum absolute atomic E-state index is 0.212. The van der Waals surface area contributed by atoms with Crippen molar-refractivity contribution in [1.29, 1.82) is 0 Å². The van der Waals surface area contributed by atoms with Gasteiger partial charge in [-0.3, -0.25) is 4.79 Å². The van der Waals surface area contributed by atoms with E-state index in [1.807, 2.05) is 30.3 Å². The van der Waals surface area contributed by atoms with Crippen LogP contribution in [0.25, 0.3) is 16.8 Å². The number of hydrogen-bond donors (Lipinski definition) is 3. The Kier molecular flexibility index (Phi) is 5.25. The predicted molar refractivity (Wildman–Crippen MR) is 122 cm³/mol. The van der Waals surface area contributed by atoms with Gasteiger partial charge in [0.15, 0.2) is 5.65 Å². The molecule has 0 unspecified atom stereocenters. The summed E-state index contributed by atoms with van der Waals surface area (Å²) in [7, 11) is 1.78. The van der Waals surface area contributed by atoms with Crippen LogP contribution in [-0.4, -0.2) is 45.2 Å². The maximum Gasteiger partial charge on any atom is 0.256 e. The highest BCUT2D eigenvalue weighted by molar-refractivity contribution is 6.01. The molecule has 0 radical (unpaired) electrons. The van der Waals surface area contributed by atoms with Gasteiger partial charge >= 0.3 is 0 Å². The van der Waals surface area contributed by atoms with Gasteiger partial charge in [0.1, 0.15) is 29.1 Å². The lowest BCUT2D eigenvalue weighted by Gasteiger charge is -2.18. The van der Waals surface area contributed by atoms with E-state index in [0.29, 0.717) is 34.3 Å². The number of fused-ring (bicyclic) bond motifs is 2. The van der Waals surface area contributed by atoms with Gasteiger partial charge in [0.2, 0.25) is 5.88 Å². The summed E-state index contributed by atoms with van der Waals surface area (Å²) in [5.74, 6) is 0.675. The summed E-state index contributed by atoms with van der Waals surface area (Å²) in [6.07, 6.45) is 2.22. The second-order valence-corrected chi connectivity index (χ2v) is 7.70. The molecule has 1 aliphatic heterocycles. The predicted octanol–water partition coefficient (Wildman–Crippen LogP) is 3.09. The third-order valence-electron chi connectivity index (χ3n) is 5.39. The number of benzene rings is 1. The van der Waals surface area contributed by atoms with E-state index in [-0.39, 0.29) is 25.1 Å². The number of rotatable bonds is 2. The molecule has 1 atom stereocenters. The van der Waals surface area contributed by atoms with Gasteiger partial charge in [-0.15, -0.1) is 0 Å². The van der Waals surface area contributed by atoms with E-state index in [4.69, 9.17) is 9.72 Å². The summed E-state index contributed by atoms with van der Waals surface area (Å²) in [5.41, 5.74) is 2.92. The van der Waals surface area contributed by atoms with E-state index in [2.05, 4.69) is 26.0 Å². The van der Waals surface area contributed by atoms with E-state index in [9.17, 15) is 9.18 Å². The summed E-state index contributed by atoms with van der Waals surface area (Å²) < 4.78 is 21.5. The van der Waals surface area contributed by atoms with Crippen LogP contribution in [0.2, 0.25) is 0 Å². The van der Waals surface area contributed by atoms with Crippen molar-refractivity contribution in [3.05, 3.63) is 65.7 Å². The number of anilines is 2. The minimum atomic E-state index is -0.467. The van der Waals surface area contributed by atoms with Crippen LogP contribution >= 0.6 is 0 Å². The minimum Gasteiger partial charge on any atom is -0.473 e. The van der Waals surface area contributed by atoms with Crippen molar-refractivity contribution in [3.8, 4) is 17.0 Å². The van der Waals surface area contributed by atoms with Crippen molar-refractivity contribution >= 4 is 23.2 Å². The Morgan fingerprint density at radius 2 is 2.03 bits per heavy atom. The van der Waals surface area contributed by atoms with Crippen LogP contribution in [0.15, 0.2) is 48.8 Å².